The van der Waals surface area contributed by atoms with E-state index < -0.39 is 17.8 Å². The van der Waals surface area contributed by atoms with Crippen molar-refractivity contribution in [1.29, 1.82) is 0 Å². The summed E-state index contributed by atoms with van der Waals surface area (Å²) in [5, 5.41) is 10.1. The molecule has 0 saturated heterocycles. The van der Waals surface area contributed by atoms with Crippen molar-refractivity contribution in [3.05, 3.63) is 72.4 Å². The molecule has 0 spiro atoms. The van der Waals surface area contributed by atoms with Crippen LogP contribution in [0.15, 0.2) is 61.1 Å². The zero-order valence-electron chi connectivity index (χ0n) is 16.4. The number of halogens is 1. The number of amides is 1. The molecule has 4 rings (SSSR count). The Morgan fingerprint density at radius 2 is 2.07 bits per heavy atom. The Morgan fingerprint density at radius 3 is 2.80 bits per heavy atom. The highest BCUT2D eigenvalue weighted by Gasteiger charge is 2.39. The van der Waals surface area contributed by atoms with E-state index in [-0.39, 0.29) is 5.91 Å². The Kier molecular flexibility index (Phi) is 5.09. The second-order valence-electron chi connectivity index (χ2n) is 6.71. The van der Waals surface area contributed by atoms with E-state index in [9.17, 15) is 9.18 Å². The summed E-state index contributed by atoms with van der Waals surface area (Å²) in [7, 11) is 3.04. The van der Waals surface area contributed by atoms with E-state index in [4.69, 9.17) is 9.47 Å². The van der Waals surface area contributed by atoms with Crippen LogP contribution in [0, 0.1) is 11.7 Å². The average Bonchev–Trinajstić information content (AvgIpc) is 3.20. The van der Waals surface area contributed by atoms with Gasteiger partial charge >= 0.3 is 0 Å². The Balaban J connectivity index is 1.74. The van der Waals surface area contributed by atoms with Crippen LogP contribution in [0.25, 0.3) is 0 Å². The maximum Gasteiger partial charge on any atom is 0.236 e. The van der Waals surface area contributed by atoms with Crippen LogP contribution in [-0.2, 0) is 4.79 Å². The minimum atomic E-state index is -0.795. The normalized spacial score (nSPS) is 17.6. The Labute approximate surface area is 172 Å². The average molecular weight is 409 g/mol. The van der Waals surface area contributed by atoms with Gasteiger partial charge in [-0.3, -0.25) is 4.79 Å². The number of aromatic nitrogens is 3. The van der Waals surface area contributed by atoms with Crippen molar-refractivity contribution in [3.8, 4) is 11.5 Å². The van der Waals surface area contributed by atoms with Gasteiger partial charge in [-0.1, -0.05) is 18.7 Å². The van der Waals surface area contributed by atoms with Crippen molar-refractivity contribution in [2.24, 2.45) is 5.92 Å². The van der Waals surface area contributed by atoms with Crippen molar-refractivity contribution in [2.75, 3.05) is 24.9 Å². The van der Waals surface area contributed by atoms with E-state index >= 15 is 0 Å². The van der Waals surface area contributed by atoms with E-state index in [0.717, 1.165) is 0 Å². The van der Waals surface area contributed by atoms with Gasteiger partial charge in [0.25, 0.3) is 0 Å². The molecular weight excluding hydrogens is 389 g/mol. The highest BCUT2D eigenvalue weighted by Crippen LogP contribution is 2.39. The van der Waals surface area contributed by atoms with Gasteiger partial charge in [0.15, 0.2) is 0 Å². The lowest BCUT2D eigenvalue weighted by molar-refractivity contribution is -0.119. The summed E-state index contributed by atoms with van der Waals surface area (Å²) >= 11 is 0. The van der Waals surface area contributed by atoms with Crippen LogP contribution < -0.4 is 20.1 Å². The fourth-order valence-corrected chi connectivity index (χ4v) is 3.54. The number of benzene rings is 2. The van der Waals surface area contributed by atoms with E-state index in [1.54, 1.807) is 35.0 Å². The molecule has 1 aliphatic rings. The van der Waals surface area contributed by atoms with Crippen LogP contribution in [-0.4, -0.2) is 34.9 Å². The second-order valence-corrected chi connectivity index (χ2v) is 6.71. The lowest BCUT2D eigenvalue weighted by Gasteiger charge is -2.33. The quantitative estimate of drug-likeness (QED) is 0.673. The molecule has 0 bridgehead atoms. The third-order valence-corrected chi connectivity index (χ3v) is 4.94. The van der Waals surface area contributed by atoms with Crippen molar-refractivity contribution in [3.63, 3.8) is 0 Å². The minimum Gasteiger partial charge on any atom is -0.497 e. The molecule has 0 unspecified atom stereocenters. The summed E-state index contributed by atoms with van der Waals surface area (Å²) in [5.41, 5.74) is 1.43. The SMILES string of the molecule is C=C1Nc2ncnn2[C@@H](c2cccc(F)c2)[C@H]1C(=O)Nc1cc(OC)ccc1OC. The number of hydrogen-bond acceptors (Lipinski definition) is 6. The van der Waals surface area contributed by atoms with E-state index in [0.29, 0.717) is 34.4 Å². The maximum absolute atomic E-state index is 14.0. The van der Waals surface area contributed by atoms with Crippen molar-refractivity contribution in [2.45, 2.75) is 6.04 Å². The van der Waals surface area contributed by atoms with Gasteiger partial charge in [-0.2, -0.15) is 10.1 Å². The molecule has 30 heavy (non-hydrogen) atoms. The number of rotatable bonds is 5. The summed E-state index contributed by atoms with van der Waals surface area (Å²) in [6.45, 7) is 4.01. The summed E-state index contributed by atoms with van der Waals surface area (Å²) in [6, 6.07) is 10.5. The highest BCUT2D eigenvalue weighted by molar-refractivity contribution is 5.97. The van der Waals surface area contributed by atoms with Crippen LogP contribution in [0.3, 0.4) is 0 Å². The molecule has 1 amide bonds. The van der Waals surface area contributed by atoms with E-state index in [1.165, 1.54) is 32.7 Å². The van der Waals surface area contributed by atoms with Gasteiger partial charge in [0, 0.05) is 11.8 Å². The predicted octanol–water partition coefficient (Wildman–Crippen LogP) is 3.22. The van der Waals surface area contributed by atoms with Gasteiger partial charge in [-0.15, -0.1) is 0 Å². The van der Waals surface area contributed by atoms with Crippen LogP contribution in [0.4, 0.5) is 16.0 Å². The molecule has 0 saturated carbocycles. The first-order chi connectivity index (χ1) is 14.5. The van der Waals surface area contributed by atoms with Crippen molar-refractivity contribution in [1.82, 2.24) is 14.8 Å². The standard InChI is InChI=1S/C21H20FN5O3/c1-12-18(20(28)26-16-10-15(29-2)7-8-17(16)30-3)19(13-5-4-6-14(22)9-13)27-21(25-12)23-11-24-27/h4-11,18-19H,1H2,2-3H3,(H,26,28)(H,23,24,25)/t18-,19-/m0/s1. The zero-order chi connectivity index (χ0) is 21.3. The molecule has 2 aromatic carbocycles. The number of anilines is 2. The number of carbonyl (C=O) groups excluding carboxylic acids is 1. The number of nitrogens with zero attached hydrogens (tertiary/aromatic N) is 3. The molecule has 2 atom stereocenters. The van der Waals surface area contributed by atoms with Crippen LogP contribution in [0.5, 0.6) is 11.5 Å². The molecule has 0 radical (unpaired) electrons. The van der Waals surface area contributed by atoms with Crippen LogP contribution in [0.2, 0.25) is 0 Å². The van der Waals surface area contributed by atoms with E-state index in [2.05, 4.69) is 27.3 Å². The van der Waals surface area contributed by atoms with Gasteiger partial charge < -0.3 is 20.1 Å². The molecule has 154 valence electrons. The van der Waals surface area contributed by atoms with Gasteiger partial charge in [0.2, 0.25) is 11.9 Å². The predicted molar refractivity (Wildman–Crippen MR) is 109 cm³/mol. The maximum atomic E-state index is 14.0. The summed E-state index contributed by atoms with van der Waals surface area (Å²) in [6.07, 6.45) is 1.37. The van der Waals surface area contributed by atoms with Gasteiger partial charge in [0.05, 0.1) is 25.9 Å². The number of carbonyl (C=O) groups is 1. The lowest BCUT2D eigenvalue weighted by atomic mass is 9.88. The Bertz CT molecular complexity index is 1110. The van der Waals surface area contributed by atoms with Gasteiger partial charge in [-0.25, -0.2) is 9.07 Å². The molecule has 0 fully saturated rings. The number of methoxy groups -OCH3 is 2. The Hall–Kier alpha value is -3.88. The summed E-state index contributed by atoms with van der Waals surface area (Å²) < 4.78 is 26.1. The first-order valence-electron chi connectivity index (χ1n) is 9.15. The van der Waals surface area contributed by atoms with Crippen LogP contribution in [0.1, 0.15) is 11.6 Å². The molecular formula is C21H20FN5O3. The Morgan fingerprint density at radius 1 is 1.23 bits per heavy atom. The molecule has 0 aliphatic carbocycles. The monoisotopic (exact) mass is 409 g/mol. The number of ether oxygens (including phenoxy) is 2. The molecule has 2 N–H and O–H groups in total. The zero-order valence-corrected chi connectivity index (χ0v) is 16.4. The fraction of sp³-hybridized carbons (Fsp3) is 0.190. The third kappa shape index (κ3) is 3.45. The molecule has 3 aromatic rings. The fourth-order valence-electron chi connectivity index (χ4n) is 3.54. The first kappa shape index (κ1) is 19.4. The summed E-state index contributed by atoms with van der Waals surface area (Å²) in [4.78, 5) is 17.5. The van der Waals surface area contributed by atoms with Gasteiger partial charge in [-0.05, 0) is 29.8 Å². The number of hydrogen-bond donors (Lipinski definition) is 2. The van der Waals surface area contributed by atoms with Crippen LogP contribution >= 0.6 is 0 Å². The molecule has 9 heteroatoms. The third-order valence-electron chi connectivity index (χ3n) is 4.94. The number of fused-ring (bicyclic) bond motifs is 1. The minimum absolute atomic E-state index is 0.366. The molecule has 1 aliphatic heterocycles. The van der Waals surface area contributed by atoms with E-state index in [1.807, 2.05) is 0 Å². The first-order valence-corrected chi connectivity index (χ1v) is 9.15. The van der Waals surface area contributed by atoms with Crippen molar-refractivity contribution >= 4 is 17.5 Å². The number of nitrogens with one attached hydrogen (secondary N) is 2. The van der Waals surface area contributed by atoms with Crippen molar-refractivity contribution < 1.29 is 18.7 Å². The molecule has 1 aromatic heterocycles. The summed E-state index contributed by atoms with van der Waals surface area (Å²) in [5.74, 6) is -0.107. The van der Waals surface area contributed by atoms with Gasteiger partial charge in [0.1, 0.15) is 29.6 Å². The smallest absolute Gasteiger partial charge is 0.236 e. The highest BCUT2D eigenvalue weighted by atomic mass is 19.1. The molecule has 2 heterocycles. The second kappa shape index (κ2) is 7.86. The largest absolute Gasteiger partial charge is 0.497 e. The lowest BCUT2D eigenvalue weighted by Crippen LogP contribution is -2.39. The topological polar surface area (TPSA) is 90.3 Å². The molecule has 8 nitrogen and oxygen atoms in total.